The van der Waals surface area contributed by atoms with Crippen LogP contribution in [-0.2, 0) is 6.42 Å². The van der Waals surface area contributed by atoms with Gasteiger partial charge in [0, 0.05) is 18.1 Å². The number of rotatable bonds is 4. The molecule has 0 fully saturated rings. The number of allylic oxidation sites excluding steroid dienone is 2. The Morgan fingerprint density at radius 2 is 1.92 bits per heavy atom. The molecular formula is C21H24O5. The molecule has 3 rings (SSSR count). The largest absolute Gasteiger partial charge is 0.508 e. The Bertz CT molecular complexity index is 819. The lowest BCUT2D eigenvalue weighted by Gasteiger charge is -2.32. The number of phenolic OH excluding ortho intramolecular Hbond substituents is 2. The van der Waals surface area contributed by atoms with Crippen LogP contribution in [0.25, 0.3) is 0 Å². The van der Waals surface area contributed by atoms with Gasteiger partial charge in [0.2, 0.25) is 0 Å². The molecule has 0 aliphatic carbocycles. The number of aromatic hydroxyl groups is 2. The van der Waals surface area contributed by atoms with E-state index in [0.717, 1.165) is 16.7 Å². The smallest absolute Gasteiger partial charge is 0.136 e. The van der Waals surface area contributed by atoms with Crippen molar-refractivity contribution in [2.24, 2.45) is 0 Å². The molecule has 2 atom stereocenters. The van der Waals surface area contributed by atoms with Crippen LogP contribution in [0.1, 0.15) is 49.2 Å². The molecule has 138 valence electrons. The highest BCUT2D eigenvalue weighted by atomic mass is 16.5. The Morgan fingerprint density at radius 3 is 2.54 bits per heavy atom. The predicted molar refractivity (Wildman–Crippen MR) is 98.8 cm³/mol. The molecule has 0 saturated heterocycles. The first-order chi connectivity index (χ1) is 12.4. The number of hydrogen-bond acceptors (Lipinski definition) is 5. The van der Waals surface area contributed by atoms with Crippen LogP contribution in [0.3, 0.4) is 0 Å². The lowest BCUT2D eigenvalue weighted by Crippen LogP contribution is -2.20. The van der Waals surface area contributed by atoms with Crippen LogP contribution < -0.4 is 9.47 Å². The van der Waals surface area contributed by atoms with Gasteiger partial charge in [0.05, 0.1) is 18.8 Å². The molecule has 2 aromatic carbocycles. The number of aliphatic hydroxyl groups is 1. The number of fused-ring (bicyclic) bond motifs is 1. The Balaban J connectivity index is 2.08. The second-order valence-corrected chi connectivity index (χ2v) is 6.75. The second kappa shape index (κ2) is 7.30. The summed E-state index contributed by atoms with van der Waals surface area (Å²) in [6.07, 6.45) is 1.71. The van der Waals surface area contributed by atoms with Crippen LogP contribution in [0.2, 0.25) is 0 Å². The molecule has 5 nitrogen and oxygen atoms in total. The molecule has 1 heterocycles. The van der Waals surface area contributed by atoms with Crippen molar-refractivity contribution in [2.45, 2.75) is 38.9 Å². The maximum atomic E-state index is 10.6. The number of ether oxygens (including phenoxy) is 2. The summed E-state index contributed by atoms with van der Waals surface area (Å²) < 4.78 is 11.6. The lowest BCUT2D eigenvalue weighted by molar-refractivity contribution is 0.0623. The zero-order valence-corrected chi connectivity index (χ0v) is 15.2. The standard InChI is InChI=1S/C21H24O5/c1-12(2)4-9-15-19(25-3)11-17(24)20-16(23)10-18(26-21(15)20)13-5-7-14(22)8-6-13/h4-8,11,16,18,22-24H,9-10H2,1-3H3/t16-,18-/m0/s1. The Hall–Kier alpha value is -2.66. The normalized spacial score (nSPS) is 18.6. The van der Waals surface area contributed by atoms with Crippen LogP contribution in [0.4, 0.5) is 0 Å². The Kier molecular flexibility index (Phi) is 5.09. The number of hydrogen-bond donors (Lipinski definition) is 3. The number of methoxy groups -OCH3 is 1. The molecule has 0 amide bonds. The fourth-order valence-electron chi connectivity index (χ4n) is 3.22. The van der Waals surface area contributed by atoms with Crippen molar-refractivity contribution in [1.29, 1.82) is 0 Å². The van der Waals surface area contributed by atoms with E-state index < -0.39 is 6.10 Å². The first-order valence-corrected chi connectivity index (χ1v) is 8.60. The third kappa shape index (κ3) is 3.48. The number of phenols is 2. The molecule has 0 bridgehead atoms. The molecule has 26 heavy (non-hydrogen) atoms. The van der Waals surface area contributed by atoms with Crippen molar-refractivity contribution in [3.63, 3.8) is 0 Å². The van der Waals surface area contributed by atoms with Gasteiger partial charge >= 0.3 is 0 Å². The van der Waals surface area contributed by atoms with Crippen LogP contribution in [-0.4, -0.2) is 22.4 Å². The van der Waals surface area contributed by atoms with E-state index in [1.165, 1.54) is 6.07 Å². The van der Waals surface area contributed by atoms with E-state index in [4.69, 9.17) is 9.47 Å². The van der Waals surface area contributed by atoms with Crippen LogP contribution in [0.15, 0.2) is 42.0 Å². The molecule has 1 aliphatic heterocycles. The SMILES string of the molecule is COc1cc(O)c2c(c1CC=C(C)C)O[C@H](c1ccc(O)cc1)C[C@@H]2O. The third-order valence-corrected chi connectivity index (χ3v) is 4.59. The van der Waals surface area contributed by atoms with Crippen molar-refractivity contribution in [2.75, 3.05) is 7.11 Å². The highest BCUT2D eigenvalue weighted by Gasteiger charge is 2.33. The molecule has 0 saturated carbocycles. The highest BCUT2D eigenvalue weighted by Crippen LogP contribution is 2.50. The van der Waals surface area contributed by atoms with E-state index in [2.05, 4.69) is 6.08 Å². The highest BCUT2D eigenvalue weighted by molar-refractivity contribution is 5.59. The minimum Gasteiger partial charge on any atom is -0.508 e. The van der Waals surface area contributed by atoms with Gasteiger partial charge in [0.15, 0.2) is 0 Å². The van der Waals surface area contributed by atoms with Crippen LogP contribution >= 0.6 is 0 Å². The van der Waals surface area contributed by atoms with Gasteiger partial charge in [0.1, 0.15) is 29.1 Å². The van der Waals surface area contributed by atoms with E-state index in [9.17, 15) is 15.3 Å². The van der Waals surface area contributed by atoms with E-state index in [-0.39, 0.29) is 17.6 Å². The minimum atomic E-state index is -0.853. The minimum absolute atomic E-state index is 0.0329. The molecule has 1 aliphatic rings. The predicted octanol–water partition coefficient (Wildman–Crippen LogP) is 4.17. The van der Waals surface area contributed by atoms with Gasteiger partial charge in [-0.25, -0.2) is 0 Å². The fourth-order valence-corrected chi connectivity index (χ4v) is 3.22. The van der Waals surface area contributed by atoms with Gasteiger partial charge in [-0.15, -0.1) is 0 Å². The van der Waals surface area contributed by atoms with Crippen LogP contribution in [0.5, 0.6) is 23.0 Å². The molecule has 0 aromatic heterocycles. The number of benzene rings is 2. The first-order valence-electron chi connectivity index (χ1n) is 8.60. The summed E-state index contributed by atoms with van der Waals surface area (Å²) in [6.45, 7) is 4.02. The summed E-state index contributed by atoms with van der Waals surface area (Å²) >= 11 is 0. The third-order valence-electron chi connectivity index (χ3n) is 4.59. The van der Waals surface area contributed by atoms with Crippen LogP contribution in [0, 0.1) is 0 Å². The monoisotopic (exact) mass is 356 g/mol. The lowest BCUT2D eigenvalue weighted by atomic mass is 9.91. The van der Waals surface area contributed by atoms with Gasteiger partial charge in [-0.2, -0.15) is 0 Å². The second-order valence-electron chi connectivity index (χ2n) is 6.75. The molecule has 2 aromatic rings. The van der Waals surface area contributed by atoms with E-state index in [1.807, 2.05) is 13.8 Å². The van der Waals surface area contributed by atoms with Gasteiger partial charge < -0.3 is 24.8 Å². The molecule has 3 N–H and O–H groups in total. The maximum absolute atomic E-state index is 10.6. The Labute approximate surface area is 153 Å². The fraction of sp³-hybridized carbons (Fsp3) is 0.333. The summed E-state index contributed by atoms with van der Waals surface area (Å²) in [5, 5.41) is 30.5. The number of aliphatic hydroxyl groups excluding tert-OH is 1. The summed E-state index contributed by atoms with van der Waals surface area (Å²) in [7, 11) is 1.55. The zero-order chi connectivity index (χ0) is 18.8. The van der Waals surface area contributed by atoms with Crippen molar-refractivity contribution < 1.29 is 24.8 Å². The molecule has 0 unspecified atom stereocenters. The van der Waals surface area contributed by atoms with Crippen molar-refractivity contribution in [3.8, 4) is 23.0 Å². The zero-order valence-electron chi connectivity index (χ0n) is 15.2. The summed E-state index contributed by atoms with van der Waals surface area (Å²) in [6, 6.07) is 8.25. The van der Waals surface area contributed by atoms with Crippen molar-refractivity contribution in [1.82, 2.24) is 0 Å². The quantitative estimate of drug-likeness (QED) is 0.717. The maximum Gasteiger partial charge on any atom is 0.136 e. The average Bonchev–Trinajstić information content (AvgIpc) is 2.60. The molecule has 0 radical (unpaired) electrons. The van der Waals surface area contributed by atoms with Crippen molar-refractivity contribution >= 4 is 0 Å². The van der Waals surface area contributed by atoms with Gasteiger partial charge in [0.25, 0.3) is 0 Å². The first kappa shape index (κ1) is 18.1. The molecular weight excluding hydrogens is 332 g/mol. The van der Waals surface area contributed by atoms with E-state index in [1.54, 1.807) is 31.4 Å². The van der Waals surface area contributed by atoms with E-state index in [0.29, 0.717) is 29.9 Å². The summed E-state index contributed by atoms with van der Waals surface area (Å²) in [4.78, 5) is 0. The van der Waals surface area contributed by atoms with E-state index >= 15 is 0 Å². The molecule has 5 heteroatoms. The average molecular weight is 356 g/mol. The molecule has 0 spiro atoms. The summed E-state index contributed by atoms with van der Waals surface area (Å²) in [5.41, 5.74) is 3.20. The Morgan fingerprint density at radius 1 is 1.23 bits per heavy atom. The van der Waals surface area contributed by atoms with Gasteiger partial charge in [-0.05, 0) is 38.0 Å². The van der Waals surface area contributed by atoms with Crippen molar-refractivity contribution in [3.05, 3.63) is 58.7 Å². The van der Waals surface area contributed by atoms with Gasteiger partial charge in [-0.1, -0.05) is 23.8 Å². The summed E-state index contributed by atoms with van der Waals surface area (Å²) in [5.74, 6) is 1.14. The van der Waals surface area contributed by atoms with Gasteiger partial charge in [-0.3, -0.25) is 0 Å². The topological polar surface area (TPSA) is 79.2 Å².